The van der Waals surface area contributed by atoms with Crippen molar-refractivity contribution in [1.29, 1.82) is 0 Å². The largest absolute Gasteiger partial charge is 0.350 e. The maximum absolute atomic E-state index is 12.4. The number of fused-ring (bicyclic) bond motifs is 1. The van der Waals surface area contributed by atoms with Gasteiger partial charge in [0.05, 0.1) is 5.69 Å². The quantitative estimate of drug-likeness (QED) is 0.500. The average molecular weight is 428 g/mol. The van der Waals surface area contributed by atoms with E-state index < -0.39 is 0 Å². The van der Waals surface area contributed by atoms with Crippen molar-refractivity contribution in [3.05, 3.63) is 75.0 Å². The number of benzene rings is 1. The smallest absolute Gasteiger partial charge is 0.285 e. The Labute approximate surface area is 161 Å². The minimum absolute atomic E-state index is 0.296. The average Bonchev–Trinajstić information content (AvgIpc) is 2.98. The van der Waals surface area contributed by atoms with Gasteiger partial charge in [-0.15, -0.1) is 0 Å². The number of H-pyrrole nitrogens is 1. The molecule has 0 radical (unpaired) electrons. The van der Waals surface area contributed by atoms with Gasteiger partial charge >= 0.3 is 5.69 Å². The Hall–Kier alpha value is -2.45. The summed E-state index contributed by atoms with van der Waals surface area (Å²) in [7, 11) is 0. The predicted octanol–water partition coefficient (Wildman–Crippen LogP) is 3.84. The van der Waals surface area contributed by atoms with Crippen LogP contribution in [0.4, 0.5) is 0 Å². The van der Waals surface area contributed by atoms with E-state index >= 15 is 0 Å². The van der Waals surface area contributed by atoms with Gasteiger partial charge in [0.25, 0.3) is 0 Å². The lowest BCUT2D eigenvalue weighted by molar-refractivity contribution is 0.780. The molecule has 0 saturated heterocycles. The van der Waals surface area contributed by atoms with Crippen molar-refractivity contribution in [3.63, 3.8) is 0 Å². The Kier molecular flexibility index (Phi) is 4.60. The number of hydrogen-bond donors (Lipinski definition) is 1. The monoisotopic (exact) mass is 427 g/mol. The molecule has 8 heteroatoms. The van der Waals surface area contributed by atoms with Crippen molar-refractivity contribution in [1.82, 2.24) is 24.6 Å². The van der Waals surface area contributed by atoms with Gasteiger partial charge in [0.1, 0.15) is 0 Å². The SMILES string of the molecule is Cc1nn2c(=O)[nH]c(SCc3cccnc3)nc2c1-c1ccc(Br)cc1. The number of nitrogens with zero attached hydrogens (tertiary/aromatic N) is 4. The summed E-state index contributed by atoms with van der Waals surface area (Å²) in [5, 5.41) is 4.91. The second kappa shape index (κ2) is 7.05. The topological polar surface area (TPSA) is 75.9 Å². The second-order valence-electron chi connectivity index (χ2n) is 5.70. The van der Waals surface area contributed by atoms with Crippen molar-refractivity contribution < 1.29 is 0 Å². The number of halogens is 1. The highest BCUT2D eigenvalue weighted by molar-refractivity contribution is 9.10. The molecule has 4 aromatic rings. The molecule has 3 heterocycles. The molecule has 0 aliphatic heterocycles. The highest BCUT2D eigenvalue weighted by atomic mass is 79.9. The summed E-state index contributed by atoms with van der Waals surface area (Å²) in [6, 6.07) is 11.8. The minimum Gasteiger partial charge on any atom is -0.285 e. The number of pyridine rings is 1. The number of aryl methyl sites for hydroxylation is 1. The first kappa shape index (κ1) is 17.0. The van der Waals surface area contributed by atoms with Gasteiger partial charge in [-0.05, 0) is 36.2 Å². The highest BCUT2D eigenvalue weighted by Gasteiger charge is 2.16. The number of aromatic nitrogens is 5. The van der Waals surface area contributed by atoms with Crippen LogP contribution in [0.15, 0.2) is 63.2 Å². The van der Waals surface area contributed by atoms with Gasteiger partial charge in [0, 0.05) is 28.2 Å². The van der Waals surface area contributed by atoms with E-state index in [2.05, 4.69) is 36.0 Å². The molecule has 0 aliphatic carbocycles. The van der Waals surface area contributed by atoms with Crippen LogP contribution in [-0.4, -0.2) is 24.6 Å². The van der Waals surface area contributed by atoms with Crippen LogP contribution < -0.4 is 5.69 Å². The van der Waals surface area contributed by atoms with Gasteiger partial charge in [-0.2, -0.15) is 9.61 Å². The molecule has 0 saturated carbocycles. The second-order valence-corrected chi connectivity index (χ2v) is 7.58. The molecule has 3 aromatic heterocycles. The van der Waals surface area contributed by atoms with E-state index in [9.17, 15) is 4.79 Å². The van der Waals surface area contributed by atoms with Crippen LogP contribution in [0.2, 0.25) is 0 Å². The van der Waals surface area contributed by atoms with Crippen LogP contribution in [0.1, 0.15) is 11.3 Å². The first-order chi connectivity index (χ1) is 12.6. The number of aromatic amines is 1. The molecule has 6 nitrogen and oxygen atoms in total. The summed E-state index contributed by atoms with van der Waals surface area (Å²) >= 11 is 4.91. The van der Waals surface area contributed by atoms with E-state index in [-0.39, 0.29) is 5.69 Å². The van der Waals surface area contributed by atoms with Gasteiger partial charge in [0.2, 0.25) is 0 Å². The zero-order valence-corrected chi connectivity index (χ0v) is 16.2. The van der Waals surface area contributed by atoms with Gasteiger partial charge < -0.3 is 0 Å². The predicted molar refractivity (Wildman–Crippen MR) is 105 cm³/mol. The normalized spacial score (nSPS) is 11.2. The van der Waals surface area contributed by atoms with Crippen LogP contribution in [0.3, 0.4) is 0 Å². The van der Waals surface area contributed by atoms with E-state index in [0.717, 1.165) is 26.9 Å². The first-order valence-corrected chi connectivity index (χ1v) is 9.67. The van der Waals surface area contributed by atoms with E-state index in [1.807, 2.05) is 43.3 Å². The number of rotatable bonds is 4. The summed E-state index contributed by atoms with van der Waals surface area (Å²) < 4.78 is 2.31. The minimum atomic E-state index is -0.296. The molecule has 130 valence electrons. The third kappa shape index (κ3) is 3.30. The lowest BCUT2D eigenvalue weighted by Gasteiger charge is -2.04. The van der Waals surface area contributed by atoms with Crippen LogP contribution in [0.25, 0.3) is 16.8 Å². The summed E-state index contributed by atoms with van der Waals surface area (Å²) in [6.07, 6.45) is 3.54. The Bertz CT molecular complexity index is 1120. The maximum Gasteiger partial charge on any atom is 0.350 e. The third-order valence-corrected chi connectivity index (χ3v) is 5.35. The molecule has 1 N–H and O–H groups in total. The third-order valence-electron chi connectivity index (χ3n) is 3.88. The van der Waals surface area contributed by atoms with Crippen LogP contribution >= 0.6 is 27.7 Å². The van der Waals surface area contributed by atoms with E-state index in [1.54, 1.807) is 12.4 Å². The molecule has 0 bridgehead atoms. The molecule has 0 unspecified atom stereocenters. The van der Waals surface area contributed by atoms with E-state index in [4.69, 9.17) is 0 Å². The molecule has 26 heavy (non-hydrogen) atoms. The van der Waals surface area contributed by atoms with Crippen LogP contribution in [0, 0.1) is 6.92 Å². The van der Waals surface area contributed by atoms with Crippen LogP contribution in [-0.2, 0) is 5.75 Å². The zero-order chi connectivity index (χ0) is 18.1. The Balaban J connectivity index is 1.76. The molecule has 0 spiro atoms. The number of hydrogen-bond acceptors (Lipinski definition) is 5. The summed E-state index contributed by atoms with van der Waals surface area (Å²) in [4.78, 5) is 24.0. The zero-order valence-electron chi connectivity index (χ0n) is 13.8. The van der Waals surface area contributed by atoms with E-state index in [1.165, 1.54) is 16.3 Å². The van der Waals surface area contributed by atoms with Gasteiger partial charge in [-0.3, -0.25) is 9.97 Å². The Morgan fingerprint density at radius 3 is 2.77 bits per heavy atom. The lowest BCUT2D eigenvalue weighted by Crippen LogP contribution is -2.19. The van der Waals surface area contributed by atoms with Crippen molar-refractivity contribution in [2.24, 2.45) is 0 Å². The highest BCUT2D eigenvalue weighted by Crippen LogP contribution is 2.28. The molecule has 4 rings (SSSR count). The molecule has 0 amide bonds. The van der Waals surface area contributed by atoms with Gasteiger partial charge in [-0.1, -0.05) is 45.9 Å². The summed E-state index contributed by atoms with van der Waals surface area (Å²) in [5.74, 6) is 0.674. The maximum atomic E-state index is 12.4. The summed E-state index contributed by atoms with van der Waals surface area (Å²) in [5.41, 5.74) is 3.93. The molecular weight excluding hydrogens is 414 g/mol. The molecule has 1 aromatic carbocycles. The lowest BCUT2D eigenvalue weighted by atomic mass is 10.1. The standard InChI is InChI=1S/C18H14BrN5OS/c1-11-15(13-4-6-14(19)7-5-13)16-21-17(22-18(25)24(16)23-11)26-10-12-3-2-8-20-9-12/h2-9H,10H2,1H3,(H,21,22,25). The number of thioether (sulfide) groups is 1. The molecule has 0 fully saturated rings. The summed E-state index contributed by atoms with van der Waals surface area (Å²) in [6.45, 7) is 1.88. The van der Waals surface area contributed by atoms with E-state index in [0.29, 0.717) is 16.6 Å². The van der Waals surface area contributed by atoms with Gasteiger partial charge in [-0.25, -0.2) is 9.78 Å². The van der Waals surface area contributed by atoms with Crippen molar-refractivity contribution >= 4 is 33.3 Å². The molecule has 0 atom stereocenters. The fourth-order valence-electron chi connectivity index (χ4n) is 2.69. The van der Waals surface area contributed by atoms with Crippen molar-refractivity contribution in [3.8, 4) is 11.1 Å². The number of nitrogens with one attached hydrogen (secondary N) is 1. The van der Waals surface area contributed by atoms with Crippen molar-refractivity contribution in [2.75, 3.05) is 0 Å². The first-order valence-electron chi connectivity index (χ1n) is 7.89. The fraction of sp³-hybridized carbons (Fsp3) is 0.111. The Morgan fingerprint density at radius 2 is 2.04 bits per heavy atom. The molecular formula is C18H14BrN5OS. The van der Waals surface area contributed by atoms with Gasteiger partial charge in [0.15, 0.2) is 10.8 Å². The van der Waals surface area contributed by atoms with Crippen molar-refractivity contribution in [2.45, 2.75) is 17.8 Å². The Morgan fingerprint density at radius 1 is 1.23 bits per heavy atom. The molecule has 0 aliphatic rings. The van der Waals surface area contributed by atoms with Crippen LogP contribution in [0.5, 0.6) is 0 Å². The fourth-order valence-corrected chi connectivity index (χ4v) is 3.74.